The number of benzene rings is 1. The molecule has 0 radical (unpaired) electrons. The Kier molecular flexibility index (Phi) is 4.60. The van der Waals surface area contributed by atoms with Crippen LogP contribution in [0.1, 0.15) is 5.56 Å². The molecule has 0 aliphatic carbocycles. The number of methoxy groups -OCH3 is 1. The minimum absolute atomic E-state index is 0.144. The van der Waals surface area contributed by atoms with Crippen LogP contribution in [0.5, 0.6) is 6.01 Å². The number of H-pyrrole nitrogens is 1. The van der Waals surface area contributed by atoms with Crippen molar-refractivity contribution in [2.24, 2.45) is 0 Å². The maximum absolute atomic E-state index is 11.7. The number of nitrogens with one attached hydrogen (secondary N) is 2. The van der Waals surface area contributed by atoms with Crippen LogP contribution in [0, 0.1) is 0 Å². The highest BCUT2D eigenvalue weighted by Gasteiger charge is 2.04. The van der Waals surface area contributed by atoms with E-state index in [1.165, 1.54) is 13.2 Å². The van der Waals surface area contributed by atoms with Gasteiger partial charge in [0.2, 0.25) is 5.95 Å². The average molecular weight is 313 g/mol. The highest BCUT2D eigenvalue weighted by Crippen LogP contribution is 2.19. The highest BCUT2D eigenvalue weighted by molar-refractivity contribution is 6.34. The smallest absolute Gasteiger partial charge is 0.336 e. The number of aromatic amines is 1. The molecule has 0 atom stereocenters. The van der Waals surface area contributed by atoms with Crippen LogP contribution < -0.4 is 10.1 Å². The van der Waals surface area contributed by atoms with Gasteiger partial charge >= 0.3 is 6.01 Å². The summed E-state index contributed by atoms with van der Waals surface area (Å²) in [6.45, 7) is 0. The van der Waals surface area contributed by atoms with Gasteiger partial charge in [-0.2, -0.15) is 4.98 Å². The molecule has 8 heteroatoms. The van der Waals surface area contributed by atoms with Gasteiger partial charge < -0.3 is 4.74 Å². The third-order valence-corrected chi connectivity index (χ3v) is 2.64. The van der Waals surface area contributed by atoms with Gasteiger partial charge in [0.25, 0.3) is 5.91 Å². The van der Waals surface area contributed by atoms with Crippen LogP contribution in [0.4, 0.5) is 5.95 Å². The summed E-state index contributed by atoms with van der Waals surface area (Å²) >= 11 is 11.7. The zero-order valence-corrected chi connectivity index (χ0v) is 11.9. The van der Waals surface area contributed by atoms with Gasteiger partial charge in [0, 0.05) is 16.1 Å². The van der Waals surface area contributed by atoms with Crippen molar-refractivity contribution < 1.29 is 9.53 Å². The number of amides is 1. The summed E-state index contributed by atoms with van der Waals surface area (Å²) in [5, 5.41) is 9.70. The lowest BCUT2D eigenvalue weighted by molar-refractivity contribution is -0.111. The molecule has 1 heterocycles. The molecule has 0 unspecified atom stereocenters. The van der Waals surface area contributed by atoms with E-state index < -0.39 is 0 Å². The monoisotopic (exact) mass is 312 g/mol. The molecule has 6 nitrogen and oxygen atoms in total. The molecule has 0 fully saturated rings. The Labute approximate surface area is 124 Å². The molecule has 0 aliphatic heterocycles. The molecule has 2 rings (SSSR count). The van der Waals surface area contributed by atoms with Gasteiger partial charge in [0.15, 0.2) is 0 Å². The van der Waals surface area contributed by atoms with Gasteiger partial charge in [-0.3, -0.25) is 10.1 Å². The molecular weight excluding hydrogens is 303 g/mol. The van der Waals surface area contributed by atoms with Crippen LogP contribution >= 0.6 is 23.2 Å². The van der Waals surface area contributed by atoms with Gasteiger partial charge in [-0.25, -0.2) is 5.10 Å². The Bertz CT molecular complexity index is 634. The summed E-state index contributed by atoms with van der Waals surface area (Å²) in [7, 11) is 1.43. The van der Waals surface area contributed by atoms with E-state index >= 15 is 0 Å². The summed E-state index contributed by atoms with van der Waals surface area (Å²) in [5.74, 6) is -0.180. The summed E-state index contributed by atoms with van der Waals surface area (Å²) < 4.78 is 4.78. The molecule has 1 aromatic heterocycles. The number of halogens is 2. The van der Waals surface area contributed by atoms with Crippen molar-refractivity contribution in [1.82, 2.24) is 15.2 Å². The molecule has 2 N–H and O–H groups in total. The quantitative estimate of drug-likeness (QED) is 0.851. The summed E-state index contributed by atoms with van der Waals surface area (Å²) in [5.41, 5.74) is 0.716. The van der Waals surface area contributed by atoms with Crippen LogP contribution in [-0.2, 0) is 4.79 Å². The van der Waals surface area contributed by atoms with Crippen LogP contribution in [0.15, 0.2) is 24.3 Å². The number of aromatic nitrogens is 3. The van der Waals surface area contributed by atoms with Crippen molar-refractivity contribution in [3.8, 4) is 6.01 Å². The van der Waals surface area contributed by atoms with E-state index in [2.05, 4.69) is 20.5 Å². The maximum atomic E-state index is 11.7. The summed E-state index contributed by atoms with van der Waals surface area (Å²) in [6.07, 6.45) is 2.91. The normalized spacial score (nSPS) is 10.8. The molecule has 0 aliphatic rings. The van der Waals surface area contributed by atoms with Crippen LogP contribution in [0.3, 0.4) is 0 Å². The Morgan fingerprint density at radius 1 is 1.35 bits per heavy atom. The molecule has 104 valence electrons. The number of ether oxygens (including phenoxy) is 1. The van der Waals surface area contributed by atoms with E-state index in [1.54, 1.807) is 24.3 Å². The van der Waals surface area contributed by atoms with E-state index in [0.717, 1.165) is 0 Å². The van der Waals surface area contributed by atoms with Crippen molar-refractivity contribution >= 4 is 41.1 Å². The minimum atomic E-state index is -0.375. The largest absolute Gasteiger partial charge is 0.466 e. The number of carbonyl (C=O) groups excluding carboxylic acids is 1. The van der Waals surface area contributed by atoms with Gasteiger partial charge in [-0.1, -0.05) is 23.2 Å². The molecule has 0 bridgehead atoms. The van der Waals surface area contributed by atoms with Crippen molar-refractivity contribution in [2.75, 3.05) is 12.4 Å². The second-order valence-corrected chi connectivity index (χ2v) is 4.57. The lowest BCUT2D eigenvalue weighted by atomic mass is 10.2. The van der Waals surface area contributed by atoms with Crippen molar-refractivity contribution in [1.29, 1.82) is 0 Å². The fourth-order valence-corrected chi connectivity index (χ4v) is 1.94. The summed E-state index contributed by atoms with van der Waals surface area (Å²) in [4.78, 5) is 15.5. The number of rotatable bonds is 4. The predicted octanol–water partition coefficient (Wildman–Crippen LogP) is 2.77. The summed E-state index contributed by atoms with van der Waals surface area (Å²) in [6, 6.07) is 5.14. The standard InChI is InChI=1S/C12H10Cl2N4O2/c1-20-12-16-11(17-18-12)15-10(19)3-2-7-4-8(13)6-9(14)5-7/h2-6H,1H3,(H2,15,16,17,18,19)/b3-2+. The fourth-order valence-electron chi connectivity index (χ4n) is 1.40. The van der Waals surface area contributed by atoms with Crippen molar-refractivity contribution in [2.45, 2.75) is 0 Å². The van der Waals surface area contributed by atoms with Crippen molar-refractivity contribution in [3.05, 3.63) is 39.9 Å². The van der Waals surface area contributed by atoms with E-state index in [-0.39, 0.29) is 17.9 Å². The highest BCUT2D eigenvalue weighted by atomic mass is 35.5. The number of carbonyl (C=O) groups is 1. The molecule has 0 saturated carbocycles. The first-order valence-electron chi connectivity index (χ1n) is 5.48. The van der Waals surface area contributed by atoms with E-state index in [0.29, 0.717) is 15.6 Å². The zero-order valence-electron chi connectivity index (χ0n) is 10.4. The molecule has 20 heavy (non-hydrogen) atoms. The first-order valence-corrected chi connectivity index (χ1v) is 6.24. The molecule has 0 spiro atoms. The van der Waals surface area contributed by atoms with Gasteiger partial charge in [-0.05, 0) is 29.8 Å². The number of hydrogen-bond acceptors (Lipinski definition) is 4. The third-order valence-electron chi connectivity index (χ3n) is 2.20. The van der Waals surface area contributed by atoms with Gasteiger partial charge in [-0.15, -0.1) is 5.10 Å². The topological polar surface area (TPSA) is 79.9 Å². The van der Waals surface area contributed by atoms with E-state index in [1.807, 2.05) is 0 Å². The molecule has 1 amide bonds. The van der Waals surface area contributed by atoms with Crippen LogP contribution in [0.25, 0.3) is 6.08 Å². The fraction of sp³-hybridized carbons (Fsp3) is 0.0833. The third kappa shape index (κ3) is 3.97. The lowest BCUT2D eigenvalue weighted by Gasteiger charge is -1.98. The van der Waals surface area contributed by atoms with Gasteiger partial charge in [0.1, 0.15) is 0 Å². The Morgan fingerprint density at radius 2 is 2.05 bits per heavy atom. The molecule has 0 saturated heterocycles. The number of nitrogens with zero attached hydrogens (tertiary/aromatic N) is 2. The predicted molar refractivity (Wildman–Crippen MR) is 77.1 cm³/mol. The number of anilines is 1. The Hall–Kier alpha value is -2.05. The average Bonchev–Trinajstić information content (AvgIpc) is 2.83. The van der Waals surface area contributed by atoms with Crippen LogP contribution in [0.2, 0.25) is 10.0 Å². The Morgan fingerprint density at radius 3 is 2.65 bits per heavy atom. The second kappa shape index (κ2) is 6.40. The minimum Gasteiger partial charge on any atom is -0.466 e. The zero-order chi connectivity index (χ0) is 14.5. The van der Waals surface area contributed by atoms with E-state index in [4.69, 9.17) is 27.9 Å². The molecule has 2 aromatic rings. The van der Waals surface area contributed by atoms with Crippen molar-refractivity contribution in [3.63, 3.8) is 0 Å². The second-order valence-electron chi connectivity index (χ2n) is 3.70. The first-order chi connectivity index (χ1) is 9.56. The molecular formula is C12H10Cl2N4O2. The maximum Gasteiger partial charge on any atom is 0.336 e. The number of hydrogen-bond donors (Lipinski definition) is 2. The SMILES string of the molecule is COc1n[nH]c(NC(=O)/C=C/c2cc(Cl)cc(Cl)c2)n1. The molecule has 1 aromatic carbocycles. The van der Waals surface area contributed by atoms with E-state index in [9.17, 15) is 4.79 Å². The lowest BCUT2D eigenvalue weighted by Crippen LogP contribution is -2.09. The van der Waals surface area contributed by atoms with Gasteiger partial charge in [0.05, 0.1) is 7.11 Å². The first kappa shape index (κ1) is 14.4. The van der Waals surface area contributed by atoms with Crippen LogP contribution in [-0.4, -0.2) is 28.2 Å². The Balaban J connectivity index is 2.01.